The number of hydrogen-bond donors (Lipinski definition) is 1. The molecule has 0 amide bonds. The third-order valence-corrected chi connectivity index (χ3v) is 5.94. The van der Waals surface area contributed by atoms with E-state index in [0.29, 0.717) is 12.0 Å². The third-order valence-electron chi connectivity index (χ3n) is 5.94. The minimum atomic E-state index is 0.449. The van der Waals surface area contributed by atoms with E-state index in [1.165, 1.54) is 16.7 Å². The molecule has 3 heterocycles. The summed E-state index contributed by atoms with van der Waals surface area (Å²) in [6, 6.07) is 9.40. The minimum absolute atomic E-state index is 0.449. The normalized spacial score (nSPS) is 19.8. The van der Waals surface area contributed by atoms with Gasteiger partial charge in [-0.15, -0.1) is 10.2 Å². The van der Waals surface area contributed by atoms with Gasteiger partial charge in [-0.2, -0.15) is 5.10 Å². The number of benzene rings is 1. The van der Waals surface area contributed by atoms with Crippen LogP contribution >= 0.6 is 0 Å². The summed E-state index contributed by atoms with van der Waals surface area (Å²) in [5, 5.41) is 16.4. The van der Waals surface area contributed by atoms with E-state index in [-0.39, 0.29) is 0 Å². The molecule has 142 valence electrons. The minimum Gasteiger partial charge on any atom is -0.338 e. The third kappa shape index (κ3) is 3.24. The van der Waals surface area contributed by atoms with E-state index in [9.17, 15) is 0 Å². The average Bonchev–Trinajstić information content (AvgIpc) is 3.29. The van der Waals surface area contributed by atoms with Gasteiger partial charge < -0.3 is 9.47 Å². The van der Waals surface area contributed by atoms with Crippen molar-refractivity contribution >= 4 is 5.95 Å². The lowest BCUT2D eigenvalue weighted by Crippen LogP contribution is -2.29. The fourth-order valence-corrected chi connectivity index (χ4v) is 4.14. The predicted molar refractivity (Wildman–Crippen MR) is 107 cm³/mol. The Morgan fingerprint density at radius 3 is 2.52 bits per heavy atom. The molecule has 0 radical (unpaired) electrons. The van der Waals surface area contributed by atoms with Crippen LogP contribution in [0.15, 0.2) is 24.3 Å². The maximum Gasteiger partial charge on any atom is 0.227 e. The second kappa shape index (κ2) is 6.83. The Morgan fingerprint density at radius 2 is 1.85 bits per heavy atom. The summed E-state index contributed by atoms with van der Waals surface area (Å²) in [5.74, 6) is 2.48. The largest absolute Gasteiger partial charge is 0.338 e. The first-order valence-electron chi connectivity index (χ1n) is 9.66. The van der Waals surface area contributed by atoms with E-state index < -0.39 is 0 Å². The lowest BCUT2D eigenvalue weighted by Gasteiger charge is -2.22. The summed E-state index contributed by atoms with van der Waals surface area (Å²) < 4.78 is 2.14. The predicted octanol–water partition coefficient (Wildman–Crippen LogP) is 3.44. The molecular formula is C21H28N6. The highest BCUT2D eigenvalue weighted by Crippen LogP contribution is 2.34. The Morgan fingerprint density at radius 1 is 1.11 bits per heavy atom. The summed E-state index contributed by atoms with van der Waals surface area (Å²) >= 11 is 0. The molecule has 3 aromatic rings. The molecule has 2 aromatic heterocycles. The van der Waals surface area contributed by atoms with E-state index in [4.69, 9.17) is 0 Å². The highest BCUT2D eigenvalue weighted by molar-refractivity contribution is 5.39. The van der Waals surface area contributed by atoms with Crippen LogP contribution in [-0.4, -0.2) is 37.5 Å². The smallest absolute Gasteiger partial charge is 0.227 e. The van der Waals surface area contributed by atoms with Gasteiger partial charge in [-0.25, -0.2) is 0 Å². The standard InChI is InChI=1S/C21H28N6/c1-13-6-8-17(9-7-13)18-10-14(2)27(12-18)21-25-24-20(26(21)5)11-19-15(3)22-23-16(19)4/h6-9,14,18H,10-12H2,1-5H3,(H,22,23). The van der Waals surface area contributed by atoms with Gasteiger partial charge in [0, 0.05) is 43.2 Å². The van der Waals surface area contributed by atoms with Crippen LogP contribution < -0.4 is 4.90 Å². The van der Waals surface area contributed by atoms with Crippen LogP contribution in [0.25, 0.3) is 0 Å². The van der Waals surface area contributed by atoms with Gasteiger partial charge >= 0.3 is 0 Å². The number of aromatic nitrogens is 5. The fraction of sp³-hybridized carbons (Fsp3) is 0.476. The number of rotatable bonds is 4. The second-order valence-corrected chi connectivity index (χ2v) is 7.91. The number of aromatic amines is 1. The first-order chi connectivity index (χ1) is 12.9. The van der Waals surface area contributed by atoms with Crippen LogP contribution in [0.2, 0.25) is 0 Å². The van der Waals surface area contributed by atoms with Crippen molar-refractivity contribution in [1.82, 2.24) is 25.0 Å². The van der Waals surface area contributed by atoms with Crippen molar-refractivity contribution in [2.75, 3.05) is 11.4 Å². The lowest BCUT2D eigenvalue weighted by atomic mass is 9.96. The van der Waals surface area contributed by atoms with Gasteiger partial charge in [0.2, 0.25) is 5.95 Å². The molecular weight excluding hydrogens is 336 g/mol. The Balaban J connectivity index is 1.55. The molecule has 2 unspecified atom stereocenters. The zero-order valence-corrected chi connectivity index (χ0v) is 16.8. The molecule has 1 aliphatic rings. The van der Waals surface area contributed by atoms with Crippen LogP contribution in [0, 0.1) is 20.8 Å². The van der Waals surface area contributed by atoms with Gasteiger partial charge in [0.15, 0.2) is 0 Å². The number of hydrogen-bond acceptors (Lipinski definition) is 4. The molecule has 4 rings (SSSR count). The highest BCUT2D eigenvalue weighted by Gasteiger charge is 2.33. The van der Waals surface area contributed by atoms with Crippen molar-refractivity contribution < 1.29 is 0 Å². The maximum absolute atomic E-state index is 4.54. The van der Waals surface area contributed by atoms with Crippen LogP contribution in [0.4, 0.5) is 5.95 Å². The number of H-pyrrole nitrogens is 1. The lowest BCUT2D eigenvalue weighted by molar-refractivity contribution is 0.681. The first kappa shape index (κ1) is 17.8. The topological polar surface area (TPSA) is 62.6 Å². The quantitative estimate of drug-likeness (QED) is 0.770. The molecule has 1 saturated heterocycles. The van der Waals surface area contributed by atoms with Crippen molar-refractivity contribution in [2.24, 2.45) is 7.05 Å². The molecule has 27 heavy (non-hydrogen) atoms. The SMILES string of the molecule is Cc1ccc(C2CC(C)N(c3nnc(Cc4c(C)n[nH]c4C)n3C)C2)cc1. The summed E-state index contributed by atoms with van der Waals surface area (Å²) in [5.41, 5.74) is 6.08. The zero-order chi connectivity index (χ0) is 19.1. The molecule has 1 aliphatic heterocycles. The Labute approximate surface area is 160 Å². The Kier molecular flexibility index (Phi) is 4.50. The van der Waals surface area contributed by atoms with Crippen LogP contribution in [-0.2, 0) is 13.5 Å². The van der Waals surface area contributed by atoms with Crippen LogP contribution in [0.3, 0.4) is 0 Å². The molecule has 0 saturated carbocycles. The van der Waals surface area contributed by atoms with E-state index in [2.05, 4.69) is 81.9 Å². The second-order valence-electron chi connectivity index (χ2n) is 7.91. The van der Waals surface area contributed by atoms with E-state index in [1.807, 2.05) is 6.92 Å². The zero-order valence-electron chi connectivity index (χ0n) is 16.8. The summed E-state index contributed by atoms with van der Waals surface area (Å²) in [7, 11) is 2.07. The molecule has 0 spiro atoms. The molecule has 1 fully saturated rings. The van der Waals surface area contributed by atoms with Gasteiger partial charge in [-0.3, -0.25) is 5.10 Å². The molecule has 0 aliphatic carbocycles. The number of nitrogens with zero attached hydrogens (tertiary/aromatic N) is 5. The number of aryl methyl sites for hydroxylation is 3. The van der Waals surface area contributed by atoms with Crippen molar-refractivity contribution in [1.29, 1.82) is 0 Å². The Hall–Kier alpha value is -2.63. The highest BCUT2D eigenvalue weighted by atomic mass is 15.4. The summed E-state index contributed by atoms with van der Waals surface area (Å²) in [6.07, 6.45) is 1.90. The van der Waals surface area contributed by atoms with Gasteiger partial charge in [0.25, 0.3) is 0 Å². The van der Waals surface area contributed by atoms with E-state index in [0.717, 1.165) is 42.5 Å². The summed E-state index contributed by atoms with van der Waals surface area (Å²) in [4.78, 5) is 2.40. The number of anilines is 1. The fourth-order valence-electron chi connectivity index (χ4n) is 4.14. The summed E-state index contributed by atoms with van der Waals surface area (Å²) in [6.45, 7) is 9.50. The first-order valence-corrected chi connectivity index (χ1v) is 9.66. The van der Waals surface area contributed by atoms with E-state index in [1.54, 1.807) is 0 Å². The van der Waals surface area contributed by atoms with Crippen molar-refractivity contribution in [3.05, 3.63) is 58.2 Å². The average molecular weight is 364 g/mol. The molecule has 6 nitrogen and oxygen atoms in total. The maximum atomic E-state index is 4.54. The van der Waals surface area contributed by atoms with Crippen LogP contribution in [0.1, 0.15) is 53.2 Å². The number of nitrogens with one attached hydrogen (secondary N) is 1. The monoisotopic (exact) mass is 364 g/mol. The molecule has 0 bridgehead atoms. The molecule has 1 N–H and O–H groups in total. The van der Waals surface area contributed by atoms with Crippen molar-refractivity contribution in [3.63, 3.8) is 0 Å². The van der Waals surface area contributed by atoms with E-state index >= 15 is 0 Å². The van der Waals surface area contributed by atoms with Crippen molar-refractivity contribution in [3.8, 4) is 0 Å². The molecule has 1 aromatic carbocycles. The molecule has 2 atom stereocenters. The van der Waals surface area contributed by atoms with Gasteiger partial charge in [0.05, 0.1) is 5.69 Å². The van der Waals surface area contributed by atoms with Crippen molar-refractivity contribution in [2.45, 2.75) is 52.5 Å². The van der Waals surface area contributed by atoms with Crippen LogP contribution in [0.5, 0.6) is 0 Å². The van der Waals surface area contributed by atoms with Gasteiger partial charge in [-0.1, -0.05) is 29.8 Å². The molecule has 6 heteroatoms. The Bertz CT molecular complexity index is 917. The van der Waals surface area contributed by atoms with Gasteiger partial charge in [0.1, 0.15) is 5.82 Å². The van der Waals surface area contributed by atoms with Gasteiger partial charge in [-0.05, 0) is 39.7 Å².